The van der Waals surface area contributed by atoms with Crippen LogP contribution >= 0.6 is 11.6 Å². The molecule has 112 valence electrons. The van der Waals surface area contributed by atoms with Gasteiger partial charge >= 0.3 is 0 Å². The van der Waals surface area contributed by atoms with Crippen LogP contribution in [-0.4, -0.2) is 21.3 Å². The van der Waals surface area contributed by atoms with Gasteiger partial charge in [0.1, 0.15) is 5.82 Å². The van der Waals surface area contributed by atoms with Crippen molar-refractivity contribution >= 4 is 11.6 Å². The lowest BCUT2D eigenvalue weighted by molar-refractivity contribution is 0.354. The molecule has 2 aromatic rings. The van der Waals surface area contributed by atoms with Crippen LogP contribution in [0, 0.1) is 5.82 Å². The summed E-state index contributed by atoms with van der Waals surface area (Å²) in [5, 5.41) is 3.66. The lowest BCUT2D eigenvalue weighted by Gasteiger charge is -2.20. The first-order chi connectivity index (χ1) is 10.1. The van der Waals surface area contributed by atoms with Crippen LogP contribution < -0.4 is 14.8 Å². The van der Waals surface area contributed by atoms with Gasteiger partial charge < -0.3 is 14.8 Å². The molecule has 1 N–H and O–H groups in total. The number of halogens is 2. The molecule has 21 heavy (non-hydrogen) atoms. The Morgan fingerprint density at radius 1 is 1.05 bits per heavy atom. The van der Waals surface area contributed by atoms with Gasteiger partial charge in [0.15, 0.2) is 11.5 Å². The molecule has 0 fully saturated rings. The molecule has 3 nitrogen and oxygen atoms in total. The summed E-state index contributed by atoms with van der Waals surface area (Å²) in [4.78, 5) is 0. The molecule has 0 aromatic heterocycles. The number of rotatable bonds is 5. The van der Waals surface area contributed by atoms with E-state index >= 15 is 0 Å². The Labute approximate surface area is 128 Å². The standard InChI is InChI=1S/C16H17ClFNO2/c1-19-15(10-4-6-12(18)7-5-10)11-8-13(17)16(21-3)14(9-11)20-2/h4-9,15,19H,1-3H3. The fraction of sp³-hybridized carbons (Fsp3) is 0.250. The monoisotopic (exact) mass is 309 g/mol. The SMILES string of the molecule is CNC(c1ccc(F)cc1)c1cc(Cl)c(OC)c(OC)c1. The van der Waals surface area contributed by atoms with E-state index in [-0.39, 0.29) is 11.9 Å². The minimum absolute atomic E-state index is 0.122. The molecule has 0 saturated heterocycles. The second-order valence-corrected chi connectivity index (χ2v) is 4.92. The summed E-state index contributed by atoms with van der Waals surface area (Å²) < 4.78 is 23.6. The van der Waals surface area contributed by atoms with Gasteiger partial charge in [-0.15, -0.1) is 0 Å². The molecule has 1 unspecified atom stereocenters. The molecule has 0 amide bonds. The van der Waals surface area contributed by atoms with E-state index in [2.05, 4.69) is 5.32 Å². The normalized spacial score (nSPS) is 12.0. The van der Waals surface area contributed by atoms with Crippen molar-refractivity contribution in [2.24, 2.45) is 0 Å². The molecule has 0 heterocycles. The average Bonchev–Trinajstić information content (AvgIpc) is 2.49. The van der Waals surface area contributed by atoms with Crippen molar-refractivity contribution in [3.8, 4) is 11.5 Å². The fourth-order valence-corrected chi connectivity index (χ4v) is 2.58. The average molecular weight is 310 g/mol. The molecule has 0 aliphatic heterocycles. The largest absolute Gasteiger partial charge is 0.493 e. The minimum atomic E-state index is -0.265. The first-order valence-electron chi connectivity index (χ1n) is 6.44. The number of methoxy groups -OCH3 is 2. The highest BCUT2D eigenvalue weighted by atomic mass is 35.5. The van der Waals surface area contributed by atoms with E-state index < -0.39 is 0 Å². The lowest BCUT2D eigenvalue weighted by atomic mass is 9.98. The van der Waals surface area contributed by atoms with Crippen molar-refractivity contribution in [2.45, 2.75) is 6.04 Å². The van der Waals surface area contributed by atoms with E-state index in [0.717, 1.165) is 11.1 Å². The third-order valence-corrected chi connectivity index (χ3v) is 3.56. The molecule has 0 aliphatic rings. The Morgan fingerprint density at radius 3 is 2.24 bits per heavy atom. The summed E-state index contributed by atoms with van der Waals surface area (Å²) in [6.45, 7) is 0. The van der Waals surface area contributed by atoms with Crippen molar-refractivity contribution < 1.29 is 13.9 Å². The van der Waals surface area contributed by atoms with Crippen LogP contribution in [0.3, 0.4) is 0 Å². The smallest absolute Gasteiger partial charge is 0.179 e. The summed E-state index contributed by atoms with van der Waals surface area (Å²) in [6, 6.07) is 9.89. The summed E-state index contributed by atoms with van der Waals surface area (Å²) in [7, 11) is 4.93. The van der Waals surface area contributed by atoms with Crippen molar-refractivity contribution in [2.75, 3.05) is 21.3 Å². The van der Waals surface area contributed by atoms with Crippen LogP contribution in [0.2, 0.25) is 5.02 Å². The highest BCUT2D eigenvalue weighted by molar-refractivity contribution is 6.32. The molecule has 1 atom stereocenters. The van der Waals surface area contributed by atoms with Gasteiger partial charge in [-0.25, -0.2) is 4.39 Å². The first kappa shape index (κ1) is 15.6. The predicted octanol–water partition coefficient (Wildman–Crippen LogP) is 3.81. The third-order valence-electron chi connectivity index (χ3n) is 3.28. The van der Waals surface area contributed by atoms with Crippen molar-refractivity contribution in [3.05, 3.63) is 58.4 Å². The number of ether oxygens (including phenoxy) is 2. The van der Waals surface area contributed by atoms with Gasteiger partial charge in [0, 0.05) is 0 Å². The quantitative estimate of drug-likeness (QED) is 0.911. The summed E-state index contributed by atoms with van der Waals surface area (Å²) in [6.07, 6.45) is 0. The molecule has 0 spiro atoms. The Balaban J connectivity index is 2.47. The molecule has 5 heteroatoms. The van der Waals surface area contributed by atoms with Gasteiger partial charge in [0.25, 0.3) is 0 Å². The first-order valence-corrected chi connectivity index (χ1v) is 6.82. The van der Waals surface area contributed by atoms with Crippen LogP contribution in [0.25, 0.3) is 0 Å². The maximum absolute atomic E-state index is 13.1. The summed E-state index contributed by atoms with van der Waals surface area (Å²) in [5.41, 5.74) is 1.84. The zero-order valence-corrected chi connectivity index (χ0v) is 12.9. The highest BCUT2D eigenvalue weighted by Crippen LogP contribution is 2.38. The van der Waals surface area contributed by atoms with Gasteiger partial charge in [-0.1, -0.05) is 23.7 Å². The number of benzene rings is 2. The second kappa shape index (κ2) is 6.78. The van der Waals surface area contributed by atoms with Gasteiger partial charge in [0.05, 0.1) is 25.3 Å². The Bertz CT molecular complexity index is 616. The van der Waals surface area contributed by atoms with Crippen LogP contribution in [0.15, 0.2) is 36.4 Å². The molecular formula is C16H17ClFNO2. The van der Waals surface area contributed by atoms with Crippen LogP contribution in [0.1, 0.15) is 17.2 Å². The van der Waals surface area contributed by atoms with Crippen LogP contribution in [0.4, 0.5) is 4.39 Å². The summed E-state index contributed by atoms with van der Waals surface area (Å²) in [5.74, 6) is 0.790. The highest BCUT2D eigenvalue weighted by Gasteiger charge is 2.17. The molecule has 0 bridgehead atoms. The Morgan fingerprint density at radius 2 is 1.71 bits per heavy atom. The minimum Gasteiger partial charge on any atom is -0.493 e. The van der Waals surface area contributed by atoms with Crippen LogP contribution in [0.5, 0.6) is 11.5 Å². The third kappa shape index (κ3) is 3.28. The van der Waals surface area contributed by atoms with E-state index in [1.807, 2.05) is 19.2 Å². The zero-order chi connectivity index (χ0) is 15.4. The van der Waals surface area contributed by atoms with Gasteiger partial charge in [-0.3, -0.25) is 0 Å². The molecule has 2 rings (SSSR count). The zero-order valence-electron chi connectivity index (χ0n) is 12.1. The van der Waals surface area contributed by atoms with Gasteiger partial charge in [-0.2, -0.15) is 0 Å². The van der Waals surface area contributed by atoms with E-state index in [9.17, 15) is 4.39 Å². The lowest BCUT2D eigenvalue weighted by Crippen LogP contribution is -2.17. The van der Waals surface area contributed by atoms with E-state index in [1.165, 1.54) is 12.1 Å². The van der Waals surface area contributed by atoms with Crippen molar-refractivity contribution in [1.29, 1.82) is 0 Å². The molecule has 0 saturated carbocycles. The molecular weight excluding hydrogens is 293 g/mol. The van der Waals surface area contributed by atoms with Crippen molar-refractivity contribution in [3.63, 3.8) is 0 Å². The predicted molar refractivity (Wildman–Crippen MR) is 81.9 cm³/mol. The Hall–Kier alpha value is -1.78. The fourth-order valence-electron chi connectivity index (χ4n) is 2.29. The maximum atomic E-state index is 13.1. The number of hydrogen-bond acceptors (Lipinski definition) is 3. The molecule has 0 radical (unpaired) electrons. The maximum Gasteiger partial charge on any atom is 0.179 e. The van der Waals surface area contributed by atoms with Crippen molar-refractivity contribution in [1.82, 2.24) is 5.32 Å². The molecule has 0 aliphatic carbocycles. The number of nitrogens with one attached hydrogen (secondary N) is 1. The van der Waals surface area contributed by atoms with E-state index in [1.54, 1.807) is 26.4 Å². The van der Waals surface area contributed by atoms with E-state index in [4.69, 9.17) is 21.1 Å². The molecule has 2 aromatic carbocycles. The van der Waals surface area contributed by atoms with Gasteiger partial charge in [0.2, 0.25) is 0 Å². The number of hydrogen-bond donors (Lipinski definition) is 1. The van der Waals surface area contributed by atoms with Gasteiger partial charge in [-0.05, 0) is 42.4 Å². The van der Waals surface area contributed by atoms with Crippen LogP contribution in [-0.2, 0) is 0 Å². The second-order valence-electron chi connectivity index (χ2n) is 4.51. The Kier molecular flexibility index (Phi) is 5.04. The summed E-state index contributed by atoms with van der Waals surface area (Å²) >= 11 is 6.23. The topological polar surface area (TPSA) is 30.5 Å². The van der Waals surface area contributed by atoms with E-state index in [0.29, 0.717) is 16.5 Å².